The maximum absolute atomic E-state index is 11.5. The molecule has 1 N–H and O–H groups in total. The Hall–Kier alpha value is -2.63. The third-order valence-corrected chi connectivity index (χ3v) is 2.31. The number of methoxy groups -OCH3 is 2. The average molecular weight is 276 g/mol. The van der Waals surface area contributed by atoms with Gasteiger partial charge in [-0.25, -0.2) is 14.6 Å². The molecular formula is C14H16N2O4. The lowest BCUT2D eigenvalue weighted by molar-refractivity contribution is -0.135. The number of hydrogen-bond acceptors (Lipinski definition) is 6. The smallest absolute Gasteiger partial charge is 0.339 e. The Morgan fingerprint density at radius 2 is 1.95 bits per heavy atom. The molecule has 20 heavy (non-hydrogen) atoms. The number of ether oxygens (including phenoxy) is 2. The minimum atomic E-state index is -0.579. The highest BCUT2D eigenvalue weighted by atomic mass is 16.5. The third-order valence-electron chi connectivity index (χ3n) is 2.31. The van der Waals surface area contributed by atoms with Gasteiger partial charge in [0.1, 0.15) is 5.82 Å². The molecule has 0 spiro atoms. The van der Waals surface area contributed by atoms with Gasteiger partial charge in [-0.1, -0.05) is 6.07 Å². The van der Waals surface area contributed by atoms with Crippen molar-refractivity contribution in [3.05, 3.63) is 47.8 Å². The van der Waals surface area contributed by atoms with Gasteiger partial charge >= 0.3 is 11.9 Å². The van der Waals surface area contributed by atoms with Gasteiger partial charge in [-0.05, 0) is 24.6 Å². The predicted molar refractivity (Wildman–Crippen MR) is 73.9 cm³/mol. The first-order chi connectivity index (χ1) is 9.56. The Labute approximate surface area is 117 Å². The van der Waals surface area contributed by atoms with Crippen molar-refractivity contribution in [3.8, 4) is 0 Å². The monoisotopic (exact) mass is 276 g/mol. The molecule has 106 valence electrons. The van der Waals surface area contributed by atoms with Crippen LogP contribution in [0.3, 0.4) is 0 Å². The molecule has 0 radical (unpaired) electrons. The number of hydrogen-bond donors (Lipinski definition) is 1. The first-order valence-corrected chi connectivity index (χ1v) is 5.80. The Morgan fingerprint density at radius 1 is 1.20 bits per heavy atom. The van der Waals surface area contributed by atoms with Crippen LogP contribution < -0.4 is 5.32 Å². The number of carbonyl (C=O) groups excluding carboxylic acids is 2. The number of anilines is 1. The molecule has 0 atom stereocenters. The maximum atomic E-state index is 11.5. The second kappa shape index (κ2) is 7.73. The van der Waals surface area contributed by atoms with E-state index in [9.17, 15) is 9.59 Å². The van der Waals surface area contributed by atoms with Crippen molar-refractivity contribution >= 4 is 17.8 Å². The van der Waals surface area contributed by atoms with Crippen LogP contribution in [0.2, 0.25) is 0 Å². The number of carbonyl (C=O) groups is 2. The van der Waals surface area contributed by atoms with Crippen LogP contribution in [-0.4, -0.2) is 31.1 Å². The van der Waals surface area contributed by atoms with Crippen LogP contribution in [0.5, 0.6) is 0 Å². The van der Waals surface area contributed by atoms with Gasteiger partial charge in [0.25, 0.3) is 0 Å². The second-order valence-corrected chi connectivity index (χ2v) is 3.81. The van der Waals surface area contributed by atoms with Crippen molar-refractivity contribution in [2.45, 2.75) is 6.92 Å². The van der Waals surface area contributed by atoms with E-state index in [0.29, 0.717) is 5.82 Å². The van der Waals surface area contributed by atoms with E-state index in [1.807, 2.05) is 13.0 Å². The molecule has 0 saturated carbocycles. The molecule has 1 aromatic rings. The zero-order valence-corrected chi connectivity index (χ0v) is 11.5. The minimum absolute atomic E-state index is 0.167. The Kier molecular flexibility index (Phi) is 5.96. The topological polar surface area (TPSA) is 77.5 Å². The normalized spacial score (nSPS) is 11.2. The average Bonchev–Trinajstić information content (AvgIpc) is 2.47. The number of aryl methyl sites for hydroxylation is 1. The zero-order valence-electron chi connectivity index (χ0n) is 11.5. The predicted octanol–water partition coefficient (Wildman–Crippen LogP) is 1.59. The van der Waals surface area contributed by atoms with Gasteiger partial charge < -0.3 is 14.8 Å². The Balaban J connectivity index is 2.84. The largest absolute Gasteiger partial charge is 0.466 e. The molecule has 0 unspecified atom stereocenters. The molecule has 1 rings (SSSR count). The van der Waals surface area contributed by atoms with E-state index >= 15 is 0 Å². The standard InChI is InChI=1S/C14H16N2O4/c1-10-4-6-12(15-8-10)16-9-11(14(18)20-3)5-7-13(17)19-2/h4-9H,1-3H3,(H,15,16)/b7-5+,11-9+. The van der Waals surface area contributed by atoms with Gasteiger partial charge in [0.15, 0.2) is 0 Å². The Morgan fingerprint density at radius 3 is 2.50 bits per heavy atom. The molecule has 0 aliphatic rings. The van der Waals surface area contributed by atoms with E-state index in [1.54, 1.807) is 12.3 Å². The minimum Gasteiger partial charge on any atom is -0.466 e. The lowest BCUT2D eigenvalue weighted by Gasteiger charge is -2.03. The maximum Gasteiger partial charge on any atom is 0.339 e. The molecule has 0 fully saturated rings. The van der Waals surface area contributed by atoms with Crippen LogP contribution >= 0.6 is 0 Å². The summed E-state index contributed by atoms with van der Waals surface area (Å²) in [4.78, 5) is 26.7. The first kappa shape index (κ1) is 15.4. The van der Waals surface area contributed by atoms with Crippen molar-refractivity contribution in [2.24, 2.45) is 0 Å². The molecule has 0 aromatic carbocycles. The fourth-order valence-electron chi connectivity index (χ4n) is 1.22. The highest BCUT2D eigenvalue weighted by Crippen LogP contribution is 2.06. The summed E-state index contributed by atoms with van der Waals surface area (Å²) < 4.78 is 9.07. The van der Waals surface area contributed by atoms with Crippen molar-refractivity contribution in [1.82, 2.24) is 4.98 Å². The zero-order chi connectivity index (χ0) is 15.0. The van der Waals surface area contributed by atoms with Crippen molar-refractivity contribution in [3.63, 3.8) is 0 Å². The number of pyridine rings is 1. The third kappa shape index (κ3) is 4.93. The van der Waals surface area contributed by atoms with Crippen LogP contribution in [0.4, 0.5) is 5.82 Å². The fourth-order valence-corrected chi connectivity index (χ4v) is 1.22. The van der Waals surface area contributed by atoms with E-state index in [2.05, 4.69) is 19.8 Å². The van der Waals surface area contributed by atoms with E-state index in [4.69, 9.17) is 0 Å². The van der Waals surface area contributed by atoms with Crippen LogP contribution in [0, 0.1) is 6.92 Å². The van der Waals surface area contributed by atoms with E-state index in [1.165, 1.54) is 26.5 Å². The molecule has 0 bridgehead atoms. The number of esters is 2. The number of rotatable bonds is 5. The van der Waals surface area contributed by atoms with E-state index in [0.717, 1.165) is 11.6 Å². The van der Waals surface area contributed by atoms with Gasteiger partial charge in [0, 0.05) is 18.5 Å². The van der Waals surface area contributed by atoms with Gasteiger partial charge in [-0.15, -0.1) is 0 Å². The number of nitrogens with zero attached hydrogens (tertiary/aromatic N) is 1. The van der Waals surface area contributed by atoms with Crippen LogP contribution in [-0.2, 0) is 19.1 Å². The highest BCUT2D eigenvalue weighted by Gasteiger charge is 2.06. The second-order valence-electron chi connectivity index (χ2n) is 3.81. The Bertz CT molecular complexity index is 533. The molecular weight excluding hydrogens is 260 g/mol. The van der Waals surface area contributed by atoms with Gasteiger partial charge in [0.2, 0.25) is 0 Å². The highest BCUT2D eigenvalue weighted by molar-refractivity contribution is 5.94. The summed E-state index contributed by atoms with van der Waals surface area (Å²) in [6.07, 6.45) is 5.53. The van der Waals surface area contributed by atoms with Gasteiger partial charge in [-0.3, -0.25) is 0 Å². The molecule has 6 nitrogen and oxygen atoms in total. The molecule has 0 saturated heterocycles. The van der Waals surface area contributed by atoms with Crippen molar-refractivity contribution in [2.75, 3.05) is 19.5 Å². The SMILES string of the molecule is COC(=O)/C=C/C(=C\Nc1ccc(C)cn1)C(=O)OC. The van der Waals surface area contributed by atoms with E-state index in [-0.39, 0.29) is 5.57 Å². The molecule has 0 aliphatic heterocycles. The summed E-state index contributed by atoms with van der Waals surface area (Å²) in [5.74, 6) is -0.568. The number of aromatic nitrogens is 1. The van der Waals surface area contributed by atoms with Gasteiger partial charge in [-0.2, -0.15) is 0 Å². The van der Waals surface area contributed by atoms with E-state index < -0.39 is 11.9 Å². The van der Waals surface area contributed by atoms with Crippen molar-refractivity contribution in [1.29, 1.82) is 0 Å². The summed E-state index contributed by atoms with van der Waals surface area (Å²) in [7, 11) is 2.51. The molecule has 0 aliphatic carbocycles. The van der Waals surface area contributed by atoms with Gasteiger partial charge in [0.05, 0.1) is 19.8 Å². The molecule has 0 amide bonds. The lowest BCUT2D eigenvalue weighted by Crippen LogP contribution is -2.06. The summed E-state index contributed by atoms with van der Waals surface area (Å²) in [5, 5.41) is 2.85. The quantitative estimate of drug-likeness (QED) is 0.500. The molecule has 1 heterocycles. The summed E-state index contributed by atoms with van der Waals surface area (Å²) in [6, 6.07) is 3.65. The summed E-state index contributed by atoms with van der Waals surface area (Å²) >= 11 is 0. The fraction of sp³-hybridized carbons (Fsp3) is 0.214. The van der Waals surface area contributed by atoms with Crippen LogP contribution in [0.25, 0.3) is 0 Å². The molecule has 6 heteroatoms. The first-order valence-electron chi connectivity index (χ1n) is 5.80. The van der Waals surface area contributed by atoms with Crippen LogP contribution in [0.15, 0.2) is 42.3 Å². The van der Waals surface area contributed by atoms with Crippen molar-refractivity contribution < 1.29 is 19.1 Å². The lowest BCUT2D eigenvalue weighted by atomic mass is 10.2. The van der Waals surface area contributed by atoms with Crippen LogP contribution in [0.1, 0.15) is 5.56 Å². The summed E-state index contributed by atoms with van der Waals surface area (Å²) in [5.41, 5.74) is 1.19. The number of nitrogens with one attached hydrogen (secondary N) is 1. The molecule has 1 aromatic heterocycles. The summed E-state index contributed by atoms with van der Waals surface area (Å²) in [6.45, 7) is 1.92.